The molecule has 0 saturated carbocycles. The van der Waals surface area contributed by atoms with Crippen molar-refractivity contribution in [3.05, 3.63) is 386 Å². The van der Waals surface area contributed by atoms with Gasteiger partial charge in [-0.2, -0.15) is 0 Å². The predicted molar refractivity (Wildman–Crippen MR) is 416 cm³/mol. The Morgan fingerprint density at radius 1 is 0.216 bits per heavy atom. The molecule has 2 nitrogen and oxygen atoms in total. The van der Waals surface area contributed by atoms with Gasteiger partial charge in [0.1, 0.15) is 0 Å². The Morgan fingerprint density at radius 2 is 0.619 bits per heavy atom. The quantitative estimate of drug-likeness (QED) is 0.120. The molecule has 1 aliphatic rings. The first kappa shape index (κ1) is 56.6. The fourth-order valence-electron chi connectivity index (χ4n) is 15.8. The maximum atomic E-state index is 2.51. The number of hydrogen-bond donors (Lipinski definition) is 0. The van der Waals surface area contributed by atoms with Crippen LogP contribution in [0.2, 0.25) is 0 Å². The molecular formula is C93H60N2S2. The maximum absolute atomic E-state index is 2.51. The first-order valence-corrected chi connectivity index (χ1v) is 34.9. The molecule has 2 aromatic heterocycles. The van der Waals surface area contributed by atoms with Crippen LogP contribution in [-0.2, 0) is 5.41 Å². The molecule has 0 amide bonds. The third-order valence-corrected chi connectivity index (χ3v) is 22.5. The van der Waals surface area contributed by atoms with Gasteiger partial charge in [-0.25, -0.2) is 0 Å². The van der Waals surface area contributed by atoms with Crippen molar-refractivity contribution in [2.75, 3.05) is 9.80 Å². The van der Waals surface area contributed by atoms with E-state index >= 15 is 0 Å². The van der Waals surface area contributed by atoms with Gasteiger partial charge in [-0.05, 0) is 196 Å². The van der Waals surface area contributed by atoms with Crippen LogP contribution >= 0.6 is 22.7 Å². The van der Waals surface area contributed by atoms with Crippen LogP contribution in [0.15, 0.2) is 364 Å². The molecule has 16 aromatic carbocycles. The highest BCUT2D eigenvalue weighted by molar-refractivity contribution is 7.27. The van der Waals surface area contributed by atoms with E-state index in [-0.39, 0.29) is 0 Å². The van der Waals surface area contributed by atoms with Crippen molar-refractivity contribution in [1.29, 1.82) is 0 Å². The zero-order valence-corrected chi connectivity index (χ0v) is 54.5. The zero-order chi connectivity index (χ0) is 64.0. The van der Waals surface area contributed by atoms with Gasteiger partial charge in [0, 0.05) is 74.5 Å². The van der Waals surface area contributed by atoms with Gasteiger partial charge in [-0.15, -0.1) is 22.7 Å². The zero-order valence-electron chi connectivity index (χ0n) is 52.9. The SMILES string of the molecule is c1ccc(-c2ccc(N(c3cc(-c4cc(-c5cccc6c5sc5ccc7ccccc7c56)cc(-c5cccc6c5sc5ccc7ccccc7c56)c4)cc(N(c4ccccc4)c4ccccc4)c3)c3ccc4c(c3)C(c3ccccc3)(c3ccccc3)c3ccccc3-4)cc2)cc1. The smallest absolute Gasteiger partial charge is 0.0714 e. The summed E-state index contributed by atoms with van der Waals surface area (Å²) in [5.41, 5.74) is 22.3. The van der Waals surface area contributed by atoms with Crippen LogP contribution in [0.25, 0.3) is 118 Å². The highest BCUT2D eigenvalue weighted by Gasteiger charge is 2.46. The standard InChI is InChI=1S/C93H60N2S2/c1-6-24-61(25-7-1)62-44-48-73(49-45-62)95(74-50-51-82-81-38-20-21-43-85(81)93(86(82)60-74,69-28-8-2-9-29-69)70-30-10-3-11-31-70)76-58-66(57-75(59-76)94(71-32-12-4-13-33-71)72-34-14-5-15-35-72)65-54-67(79-39-22-41-83-89-77-36-18-16-26-63(77)46-52-87(89)96-91(79)83)56-68(55-65)80-40-23-42-84-90-78-37-19-17-27-64(78)47-53-88(90)97-92(80)84/h1-60H. The average Bonchev–Trinajstić information content (AvgIpc) is 1.57. The molecule has 18 aromatic rings. The maximum Gasteiger partial charge on any atom is 0.0714 e. The summed E-state index contributed by atoms with van der Waals surface area (Å²) in [7, 11) is 0. The molecule has 4 heteroatoms. The minimum Gasteiger partial charge on any atom is -0.310 e. The molecule has 0 aliphatic heterocycles. The van der Waals surface area contributed by atoms with Crippen LogP contribution in [0.5, 0.6) is 0 Å². The lowest BCUT2D eigenvalue weighted by Gasteiger charge is -2.35. The minimum absolute atomic E-state index is 0.622. The lowest BCUT2D eigenvalue weighted by atomic mass is 9.67. The molecule has 0 atom stereocenters. The molecule has 1 aliphatic carbocycles. The summed E-state index contributed by atoms with van der Waals surface area (Å²) >= 11 is 3.80. The van der Waals surface area contributed by atoms with Crippen molar-refractivity contribution in [2.45, 2.75) is 5.41 Å². The van der Waals surface area contributed by atoms with Crippen molar-refractivity contribution in [3.8, 4) is 55.6 Å². The Bertz CT molecular complexity index is 5810. The summed E-state index contributed by atoms with van der Waals surface area (Å²) in [5.74, 6) is 0. The number of benzene rings is 16. The number of thiophene rings is 2. The van der Waals surface area contributed by atoms with Gasteiger partial charge >= 0.3 is 0 Å². The lowest BCUT2D eigenvalue weighted by Crippen LogP contribution is -2.28. The number of rotatable bonds is 12. The molecule has 0 spiro atoms. The highest BCUT2D eigenvalue weighted by Crippen LogP contribution is 2.58. The molecule has 0 N–H and O–H groups in total. The van der Waals surface area contributed by atoms with Crippen LogP contribution in [-0.4, -0.2) is 0 Å². The van der Waals surface area contributed by atoms with E-state index < -0.39 is 5.41 Å². The van der Waals surface area contributed by atoms with Crippen LogP contribution in [0.1, 0.15) is 22.3 Å². The van der Waals surface area contributed by atoms with Crippen LogP contribution in [0.3, 0.4) is 0 Å². The van der Waals surface area contributed by atoms with Crippen molar-refractivity contribution in [1.82, 2.24) is 0 Å². The van der Waals surface area contributed by atoms with Crippen LogP contribution < -0.4 is 9.80 Å². The summed E-state index contributed by atoms with van der Waals surface area (Å²) in [4.78, 5) is 4.93. The molecule has 0 bridgehead atoms. The molecule has 0 unspecified atom stereocenters. The Kier molecular flexibility index (Phi) is 13.6. The molecule has 0 fully saturated rings. The summed E-state index contributed by atoms with van der Waals surface area (Å²) in [6.07, 6.45) is 0. The van der Waals surface area contributed by atoms with Gasteiger partial charge in [0.15, 0.2) is 0 Å². The predicted octanol–water partition coefficient (Wildman–Crippen LogP) is 26.7. The van der Waals surface area contributed by atoms with E-state index in [1.54, 1.807) is 0 Å². The van der Waals surface area contributed by atoms with Gasteiger partial charge in [-0.3, -0.25) is 0 Å². The van der Waals surface area contributed by atoms with E-state index in [1.165, 1.54) is 112 Å². The van der Waals surface area contributed by atoms with E-state index in [4.69, 9.17) is 0 Å². The molecular weight excluding hydrogens is 1210 g/mol. The molecule has 0 radical (unpaired) electrons. The number of hydrogen-bond acceptors (Lipinski definition) is 4. The second-order valence-corrected chi connectivity index (χ2v) is 27.5. The Labute approximate surface area is 571 Å². The van der Waals surface area contributed by atoms with Crippen LogP contribution in [0.4, 0.5) is 34.1 Å². The fraction of sp³-hybridized carbons (Fsp3) is 0.0108. The Hall–Kier alpha value is -11.9. The van der Waals surface area contributed by atoms with Gasteiger partial charge in [-0.1, -0.05) is 267 Å². The Balaban J connectivity index is 0.900. The normalized spacial score (nSPS) is 12.4. The van der Waals surface area contributed by atoms with Crippen molar-refractivity contribution >= 4 is 119 Å². The molecule has 454 valence electrons. The first-order chi connectivity index (χ1) is 48.1. The fourth-order valence-corrected chi connectivity index (χ4v) is 18.3. The third-order valence-electron chi connectivity index (χ3n) is 20.0. The van der Waals surface area contributed by atoms with Crippen molar-refractivity contribution < 1.29 is 0 Å². The van der Waals surface area contributed by atoms with E-state index in [0.717, 1.165) is 61.9 Å². The summed E-state index contributed by atoms with van der Waals surface area (Å²) in [6, 6.07) is 136. The van der Waals surface area contributed by atoms with Gasteiger partial charge in [0.25, 0.3) is 0 Å². The summed E-state index contributed by atoms with van der Waals surface area (Å²) in [5, 5.41) is 10.3. The monoisotopic (exact) mass is 1270 g/mol. The number of para-hydroxylation sites is 2. The van der Waals surface area contributed by atoms with Gasteiger partial charge in [0.2, 0.25) is 0 Å². The average molecular weight is 1270 g/mol. The molecule has 0 saturated heterocycles. The van der Waals surface area contributed by atoms with E-state index in [2.05, 4.69) is 374 Å². The van der Waals surface area contributed by atoms with Crippen molar-refractivity contribution in [3.63, 3.8) is 0 Å². The van der Waals surface area contributed by atoms with Gasteiger partial charge in [0.05, 0.1) is 5.41 Å². The molecule has 19 rings (SSSR count). The van der Waals surface area contributed by atoms with E-state index in [1.807, 2.05) is 22.7 Å². The number of nitrogens with zero attached hydrogens (tertiary/aromatic N) is 2. The van der Waals surface area contributed by atoms with Gasteiger partial charge < -0.3 is 9.80 Å². The van der Waals surface area contributed by atoms with Crippen molar-refractivity contribution in [2.24, 2.45) is 0 Å². The Morgan fingerprint density at radius 3 is 1.18 bits per heavy atom. The number of fused-ring (bicyclic) bond motifs is 13. The minimum atomic E-state index is -0.622. The third kappa shape index (κ3) is 9.35. The second-order valence-electron chi connectivity index (χ2n) is 25.4. The lowest BCUT2D eigenvalue weighted by molar-refractivity contribution is 0.768. The van der Waals surface area contributed by atoms with E-state index in [0.29, 0.717) is 0 Å². The first-order valence-electron chi connectivity index (χ1n) is 33.3. The van der Waals surface area contributed by atoms with E-state index in [9.17, 15) is 0 Å². The summed E-state index contributed by atoms with van der Waals surface area (Å²) in [6.45, 7) is 0. The second kappa shape index (κ2) is 23.2. The van der Waals surface area contributed by atoms with Crippen LogP contribution in [0, 0.1) is 0 Å². The topological polar surface area (TPSA) is 6.48 Å². The molecule has 2 heterocycles. The largest absolute Gasteiger partial charge is 0.310 e. The summed E-state index contributed by atoms with van der Waals surface area (Å²) < 4.78 is 5.14. The number of anilines is 6. The highest BCUT2D eigenvalue weighted by atomic mass is 32.1. The molecule has 97 heavy (non-hydrogen) atoms.